The zero-order valence-electron chi connectivity index (χ0n) is 29.1. The van der Waals surface area contributed by atoms with Crippen LogP contribution in [0.3, 0.4) is 0 Å². The Balaban J connectivity index is 1.51. The summed E-state index contributed by atoms with van der Waals surface area (Å²) in [6, 6.07) is 1.99. The number of hydrogen-bond acceptors (Lipinski definition) is 8. The van der Waals surface area contributed by atoms with E-state index in [-0.39, 0.29) is 69.1 Å². The number of rotatable bonds is 5. The number of benzene rings is 1. The van der Waals surface area contributed by atoms with Crippen molar-refractivity contribution >= 4 is 41.4 Å². The summed E-state index contributed by atoms with van der Waals surface area (Å²) in [4.78, 5) is 89.6. The molecular formula is C35H51N9O7. The molecule has 5 rings (SSSR count). The quantitative estimate of drug-likeness (QED) is 0.107. The minimum atomic E-state index is -1.38. The number of aliphatic hydroxyl groups is 1. The van der Waals surface area contributed by atoms with Crippen molar-refractivity contribution in [2.75, 3.05) is 19.7 Å². The fraction of sp³-hybridized carbons (Fsp3) is 0.629. The van der Waals surface area contributed by atoms with Gasteiger partial charge in [-0.1, -0.05) is 37.1 Å². The van der Waals surface area contributed by atoms with Crippen LogP contribution in [0.25, 0.3) is 0 Å². The molecule has 6 amide bonds. The molecule has 4 aliphatic rings. The van der Waals surface area contributed by atoms with Crippen molar-refractivity contribution in [2.45, 2.75) is 114 Å². The number of guanidine groups is 1. The van der Waals surface area contributed by atoms with Gasteiger partial charge in [-0.15, -0.1) is 0 Å². The highest BCUT2D eigenvalue weighted by Gasteiger charge is 2.51. The third-order valence-electron chi connectivity index (χ3n) is 10.5. The van der Waals surface area contributed by atoms with Crippen LogP contribution >= 0.6 is 0 Å². The number of nitrogens with one attached hydrogen (secondary N) is 4. The van der Waals surface area contributed by atoms with Gasteiger partial charge in [-0.05, 0) is 62.5 Å². The van der Waals surface area contributed by atoms with Crippen molar-refractivity contribution in [3.63, 3.8) is 0 Å². The molecule has 2 saturated heterocycles. The van der Waals surface area contributed by atoms with Crippen LogP contribution in [0.5, 0.6) is 0 Å². The molecule has 0 unspecified atom stereocenters. The third kappa shape index (κ3) is 8.96. The summed E-state index contributed by atoms with van der Waals surface area (Å²) >= 11 is 0. The Labute approximate surface area is 297 Å². The van der Waals surface area contributed by atoms with Crippen LogP contribution in [0, 0.1) is 5.92 Å². The Bertz CT molecular complexity index is 1520. The lowest BCUT2D eigenvalue weighted by Crippen LogP contribution is -2.62. The van der Waals surface area contributed by atoms with Gasteiger partial charge in [0.2, 0.25) is 35.4 Å². The molecule has 0 spiro atoms. The molecule has 1 aromatic carbocycles. The van der Waals surface area contributed by atoms with Gasteiger partial charge in [-0.2, -0.15) is 0 Å². The fourth-order valence-corrected chi connectivity index (χ4v) is 7.84. The van der Waals surface area contributed by atoms with Crippen LogP contribution in [0.15, 0.2) is 29.3 Å². The molecule has 16 heteroatoms. The SMILES string of the molecule is C[C@@H]1NC(=O)CCCNC(=O)[C@H](CCCN=C(N)N)NC(=O)[C@@H]2C[C@@H]3CCCC[C@@H]3N2C(=O)[C@H]2Cc3ccccc3CN2C(=O)[C@H](CO)NC1=O. The molecule has 16 nitrogen and oxygen atoms in total. The summed E-state index contributed by atoms with van der Waals surface area (Å²) in [6.07, 6.45) is 4.88. The zero-order chi connectivity index (χ0) is 36.7. The summed E-state index contributed by atoms with van der Waals surface area (Å²) in [5, 5.41) is 21.2. The van der Waals surface area contributed by atoms with Crippen molar-refractivity contribution in [3.8, 4) is 0 Å². The number of nitrogens with zero attached hydrogens (tertiary/aromatic N) is 3. The average molecular weight is 710 g/mol. The number of nitrogens with two attached hydrogens (primary N) is 2. The van der Waals surface area contributed by atoms with Crippen molar-refractivity contribution in [1.29, 1.82) is 0 Å². The van der Waals surface area contributed by atoms with Gasteiger partial charge in [0.1, 0.15) is 30.2 Å². The topological polar surface area (TPSA) is 242 Å². The van der Waals surface area contributed by atoms with E-state index in [0.717, 1.165) is 30.4 Å². The summed E-state index contributed by atoms with van der Waals surface area (Å²) in [5.41, 5.74) is 12.7. The maximum atomic E-state index is 14.9. The summed E-state index contributed by atoms with van der Waals surface area (Å²) in [5.74, 6) is -3.08. The fourth-order valence-electron chi connectivity index (χ4n) is 7.84. The van der Waals surface area contributed by atoms with Crippen LogP contribution in [-0.4, -0.2) is 112 Å². The van der Waals surface area contributed by atoms with E-state index >= 15 is 0 Å². The van der Waals surface area contributed by atoms with E-state index in [1.165, 1.54) is 11.8 Å². The van der Waals surface area contributed by atoms with Crippen LogP contribution in [0.1, 0.15) is 75.8 Å². The normalized spacial score (nSPS) is 29.6. The van der Waals surface area contributed by atoms with Crippen LogP contribution < -0.4 is 32.7 Å². The molecular weight excluding hydrogens is 658 g/mol. The smallest absolute Gasteiger partial charge is 0.248 e. The predicted molar refractivity (Wildman–Crippen MR) is 186 cm³/mol. The summed E-state index contributed by atoms with van der Waals surface area (Å²) < 4.78 is 0. The minimum Gasteiger partial charge on any atom is -0.394 e. The van der Waals surface area contributed by atoms with Gasteiger partial charge in [0.05, 0.1) is 6.61 Å². The molecule has 1 aliphatic carbocycles. The Morgan fingerprint density at radius 1 is 0.882 bits per heavy atom. The lowest BCUT2D eigenvalue weighted by molar-refractivity contribution is -0.153. The number of aliphatic hydroxyl groups excluding tert-OH is 1. The molecule has 51 heavy (non-hydrogen) atoms. The molecule has 278 valence electrons. The van der Waals surface area contributed by atoms with Gasteiger partial charge in [-0.3, -0.25) is 33.8 Å². The first-order valence-electron chi connectivity index (χ1n) is 18.0. The van der Waals surface area contributed by atoms with Gasteiger partial charge in [0.15, 0.2) is 5.96 Å². The Kier molecular flexibility index (Phi) is 12.5. The zero-order valence-corrected chi connectivity index (χ0v) is 29.1. The van der Waals surface area contributed by atoms with Gasteiger partial charge in [-0.25, -0.2) is 0 Å². The standard InChI is InChI=1S/C35H51N9O7/c1-20-30(47)42-25(19-45)33(50)43-18-23-10-3-2-8-21(23)16-28(43)34(51)44-26-12-5-4-9-22(26)17-27(44)32(49)41-24(11-6-15-39-35(36)37)31(48)38-14-7-13-29(46)40-20/h2-3,8,10,20,22,24-28,45H,4-7,9,11-19H2,1H3,(H,38,48)(H,40,46)(H,41,49)(H,42,47)(H4,36,37,39)/t20-,22-,24-,25-,26-,27-,28+/m0/s1. The Hall–Kier alpha value is -4.73. The number of carbonyl (C=O) groups excluding carboxylic acids is 6. The van der Waals surface area contributed by atoms with Crippen molar-refractivity contribution in [3.05, 3.63) is 35.4 Å². The van der Waals surface area contributed by atoms with E-state index in [1.807, 2.05) is 24.3 Å². The molecule has 0 bridgehead atoms. The monoisotopic (exact) mass is 709 g/mol. The molecule has 1 aromatic rings. The first-order valence-corrected chi connectivity index (χ1v) is 18.0. The van der Waals surface area contributed by atoms with Crippen LogP contribution in [-0.2, 0) is 41.7 Å². The maximum absolute atomic E-state index is 14.9. The highest BCUT2D eigenvalue weighted by atomic mass is 16.3. The van der Waals surface area contributed by atoms with Crippen molar-refractivity contribution in [2.24, 2.45) is 22.4 Å². The van der Waals surface area contributed by atoms with Crippen molar-refractivity contribution < 1.29 is 33.9 Å². The Morgan fingerprint density at radius 2 is 1.61 bits per heavy atom. The molecule has 3 fully saturated rings. The first-order chi connectivity index (χ1) is 24.5. The number of amides is 6. The van der Waals surface area contributed by atoms with Gasteiger partial charge in [0.25, 0.3) is 0 Å². The molecule has 7 atom stereocenters. The van der Waals surface area contributed by atoms with E-state index < -0.39 is 66.4 Å². The number of hydrogen-bond donors (Lipinski definition) is 7. The molecule has 3 heterocycles. The first kappa shape index (κ1) is 37.5. The second-order valence-corrected chi connectivity index (χ2v) is 14.0. The summed E-state index contributed by atoms with van der Waals surface area (Å²) in [7, 11) is 0. The lowest BCUT2D eigenvalue weighted by Gasteiger charge is -2.42. The van der Waals surface area contributed by atoms with E-state index in [9.17, 15) is 33.9 Å². The number of aliphatic imine (C=N–C) groups is 1. The predicted octanol–water partition coefficient (Wildman–Crippen LogP) is -1.47. The van der Waals surface area contributed by atoms with E-state index in [4.69, 9.17) is 11.5 Å². The third-order valence-corrected chi connectivity index (χ3v) is 10.5. The lowest BCUT2D eigenvalue weighted by atomic mass is 9.84. The Morgan fingerprint density at radius 3 is 2.35 bits per heavy atom. The minimum absolute atomic E-state index is 0.00142. The van der Waals surface area contributed by atoms with E-state index in [2.05, 4.69) is 26.3 Å². The van der Waals surface area contributed by atoms with Gasteiger partial charge < -0.3 is 47.6 Å². The van der Waals surface area contributed by atoms with Crippen molar-refractivity contribution in [1.82, 2.24) is 31.1 Å². The van der Waals surface area contributed by atoms with Crippen LogP contribution in [0.2, 0.25) is 0 Å². The molecule has 1 saturated carbocycles. The second kappa shape index (κ2) is 17.0. The highest BCUT2D eigenvalue weighted by Crippen LogP contribution is 2.41. The maximum Gasteiger partial charge on any atom is 0.248 e. The molecule has 0 radical (unpaired) electrons. The van der Waals surface area contributed by atoms with E-state index in [0.29, 0.717) is 19.3 Å². The van der Waals surface area contributed by atoms with Crippen LogP contribution in [0.4, 0.5) is 0 Å². The summed E-state index contributed by atoms with van der Waals surface area (Å²) in [6.45, 7) is 1.17. The molecule has 9 N–H and O–H groups in total. The van der Waals surface area contributed by atoms with Gasteiger partial charge in [0, 0.05) is 38.5 Å². The van der Waals surface area contributed by atoms with Gasteiger partial charge >= 0.3 is 0 Å². The number of fused-ring (bicyclic) bond motifs is 5. The molecule has 3 aliphatic heterocycles. The largest absolute Gasteiger partial charge is 0.394 e. The van der Waals surface area contributed by atoms with E-state index in [1.54, 1.807) is 4.90 Å². The number of carbonyl (C=O) groups is 6. The second-order valence-electron chi connectivity index (χ2n) is 14.0. The highest BCUT2D eigenvalue weighted by molar-refractivity contribution is 5.97. The average Bonchev–Trinajstić information content (AvgIpc) is 3.51. The molecule has 0 aromatic heterocycles.